The summed E-state index contributed by atoms with van der Waals surface area (Å²) in [6.07, 6.45) is 2.23. The summed E-state index contributed by atoms with van der Waals surface area (Å²) in [4.78, 5) is 11.8. The van der Waals surface area contributed by atoms with Crippen LogP contribution in [0, 0.1) is 0 Å². The van der Waals surface area contributed by atoms with Crippen molar-refractivity contribution in [3.8, 4) is 0 Å². The van der Waals surface area contributed by atoms with E-state index in [1.165, 1.54) is 6.26 Å². The fraction of sp³-hybridized carbons (Fsp3) is 0.308. The zero-order chi connectivity index (χ0) is 13.0. The number of hydrogen-bond acceptors (Lipinski definition) is 3. The molecule has 0 spiro atoms. The van der Waals surface area contributed by atoms with E-state index in [1.54, 1.807) is 6.07 Å². The van der Waals surface area contributed by atoms with E-state index in [0.717, 1.165) is 17.7 Å². The van der Waals surface area contributed by atoms with Crippen LogP contribution in [0.1, 0.15) is 18.0 Å². The van der Waals surface area contributed by atoms with Crippen molar-refractivity contribution in [2.75, 3.05) is 18.5 Å². The van der Waals surface area contributed by atoms with Gasteiger partial charge in [-0.25, -0.2) is 0 Å². The Balaban J connectivity index is 1.95. The normalized spacial score (nSPS) is 17.2. The highest BCUT2D eigenvalue weighted by atomic mass is 35.5. The lowest BCUT2D eigenvalue weighted by molar-refractivity contribution is -0.117. The molecule has 4 nitrogen and oxygen atoms in total. The number of nitrogens with one attached hydrogen (secondary N) is 2. The average Bonchev–Trinajstić information content (AvgIpc) is 2.65. The minimum absolute atomic E-state index is 0.0445. The van der Waals surface area contributed by atoms with Gasteiger partial charge in [0.2, 0.25) is 5.91 Å². The highest BCUT2D eigenvalue weighted by molar-refractivity contribution is 6.31. The lowest BCUT2D eigenvalue weighted by Gasteiger charge is -2.11. The standard InChI is InChI=1S/C13H15ClN2O2/c1-2-18-7-3-6-15-12-10-8-9(14)4-5-11(10)16-13(12)17/h2,4-5,8,12,15H,1,3,6-7H2,(H,16,17). The quantitative estimate of drug-likeness (QED) is 0.614. The Labute approximate surface area is 111 Å². The lowest BCUT2D eigenvalue weighted by Crippen LogP contribution is -2.28. The number of anilines is 1. The van der Waals surface area contributed by atoms with Crippen LogP contribution >= 0.6 is 11.6 Å². The zero-order valence-corrected chi connectivity index (χ0v) is 10.7. The van der Waals surface area contributed by atoms with Crippen molar-refractivity contribution in [3.05, 3.63) is 41.6 Å². The van der Waals surface area contributed by atoms with Gasteiger partial charge in [0.25, 0.3) is 0 Å². The van der Waals surface area contributed by atoms with Crippen molar-refractivity contribution in [3.63, 3.8) is 0 Å². The van der Waals surface area contributed by atoms with Crippen LogP contribution < -0.4 is 10.6 Å². The Morgan fingerprint density at radius 1 is 1.56 bits per heavy atom. The molecule has 0 aromatic heterocycles. The van der Waals surface area contributed by atoms with Gasteiger partial charge in [-0.15, -0.1) is 0 Å². The minimum atomic E-state index is -0.331. The van der Waals surface area contributed by atoms with E-state index in [4.69, 9.17) is 16.3 Å². The first-order valence-electron chi connectivity index (χ1n) is 5.78. The van der Waals surface area contributed by atoms with Gasteiger partial charge in [-0.2, -0.15) is 0 Å². The van der Waals surface area contributed by atoms with E-state index in [9.17, 15) is 4.79 Å². The molecule has 5 heteroatoms. The molecule has 2 rings (SSSR count). The average molecular weight is 267 g/mol. The van der Waals surface area contributed by atoms with Gasteiger partial charge >= 0.3 is 0 Å². The lowest BCUT2D eigenvalue weighted by atomic mass is 10.1. The fourth-order valence-electron chi connectivity index (χ4n) is 1.92. The third-order valence-electron chi connectivity index (χ3n) is 2.75. The van der Waals surface area contributed by atoms with Crippen molar-refractivity contribution in [1.29, 1.82) is 0 Å². The summed E-state index contributed by atoms with van der Waals surface area (Å²) in [6, 6.07) is 5.06. The molecule has 1 aromatic carbocycles. The number of fused-ring (bicyclic) bond motifs is 1. The van der Waals surface area contributed by atoms with Crippen molar-refractivity contribution in [2.24, 2.45) is 0 Å². The third-order valence-corrected chi connectivity index (χ3v) is 2.99. The molecular weight excluding hydrogens is 252 g/mol. The Kier molecular flexibility index (Phi) is 4.23. The summed E-state index contributed by atoms with van der Waals surface area (Å²) in [6.45, 7) is 4.75. The molecule has 0 radical (unpaired) electrons. The van der Waals surface area contributed by atoms with Gasteiger partial charge in [0, 0.05) is 16.3 Å². The van der Waals surface area contributed by atoms with Gasteiger partial charge in [0.1, 0.15) is 6.04 Å². The van der Waals surface area contributed by atoms with Crippen LogP contribution in [0.15, 0.2) is 31.0 Å². The van der Waals surface area contributed by atoms with E-state index in [2.05, 4.69) is 17.2 Å². The SMILES string of the molecule is C=COCCCNC1C(=O)Nc2ccc(Cl)cc21. The van der Waals surface area contributed by atoms with Gasteiger partial charge in [-0.3, -0.25) is 4.79 Å². The highest BCUT2D eigenvalue weighted by Crippen LogP contribution is 2.32. The monoisotopic (exact) mass is 266 g/mol. The molecule has 0 saturated carbocycles. The molecule has 96 valence electrons. The van der Waals surface area contributed by atoms with Crippen molar-refractivity contribution < 1.29 is 9.53 Å². The Morgan fingerprint density at radius 2 is 2.39 bits per heavy atom. The van der Waals surface area contributed by atoms with Crippen LogP contribution in [0.3, 0.4) is 0 Å². The summed E-state index contributed by atoms with van der Waals surface area (Å²) in [5, 5.41) is 6.64. The molecule has 1 aromatic rings. The number of hydrogen-bond donors (Lipinski definition) is 2. The molecule has 1 heterocycles. The largest absolute Gasteiger partial charge is 0.502 e. The molecule has 0 bridgehead atoms. The highest BCUT2D eigenvalue weighted by Gasteiger charge is 2.29. The smallest absolute Gasteiger partial charge is 0.246 e. The number of amides is 1. The molecule has 1 atom stereocenters. The van der Waals surface area contributed by atoms with E-state index < -0.39 is 0 Å². The van der Waals surface area contributed by atoms with Crippen LogP contribution in [-0.2, 0) is 9.53 Å². The summed E-state index contributed by atoms with van der Waals surface area (Å²) in [7, 11) is 0. The number of benzene rings is 1. The van der Waals surface area contributed by atoms with E-state index in [1.807, 2.05) is 12.1 Å². The Morgan fingerprint density at radius 3 is 3.17 bits per heavy atom. The van der Waals surface area contributed by atoms with E-state index >= 15 is 0 Å². The second-order valence-electron chi connectivity index (χ2n) is 4.00. The number of carbonyl (C=O) groups excluding carboxylic acids is 1. The third kappa shape index (κ3) is 2.83. The predicted molar refractivity (Wildman–Crippen MR) is 71.6 cm³/mol. The van der Waals surface area contributed by atoms with Gasteiger partial charge < -0.3 is 15.4 Å². The maximum absolute atomic E-state index is 11.8. The fourth-order valence-corrected chi connectivity index (χ4v) is 2.10. The second kappa shape index (κ2) is 5.89. The first-order valence-corrected chi connectivity index (χ1v) is 6.16. The molecule has 18 heavy (non-hydrogen) atoms. The van der Waals surface area contributed by atoms with Crippen LogP contribution in [0.25, 0.3) is 0 Å². The van der Waals surface area contributed by atoms with Crippen LogP contribution in [0.2, 0.25) is 5.02 Å². The second-order valence-corrected chi connectivity index (χ2v) is 4.44. The first-order chi connectivity index (χ1) is 8.72. The molecule has 0 fully saturated rings. The molecule has 1 unspecified atom stereocenters. The van der Waals surface area contributed by atoms with E-state index in [-0.39, 0.29) is 11.9 Å². The molecular formula is C13H15ClN2O2. The van der Waals surface area contributed by atoms with Gasteiger partial charge in [-0.05, 0) is 31.2 Å². The minimum Gasteiger partial charge on any atom is -0.502 e. The topological polar surface area (TPSA) is 50.4 Å². The van der Waals surface area contributed by atoms with E-state index in [0.29, 0.717) is 18.2 Å². The van der Waals surface area contributed by atoms with Crippen LogP contribution in [-0.4, -0.2) is 19.1 Å². The Bertz CT molecular complexity index is 462. The van der Waals surface area contributed by atoms with Crippen LogP contribution in [0.4, 0.5) is 5.69 Å². The summed E-state index contributed by atoms with van der Waals surface area (Å²) in [5.74, 6) is -0.0445. The molecule has 2 N–H and O–H groups in total. The Hall–Kier alpha value is -1.52. The van der Waals surface area contributed by atoms with Crippen LogP contribution in [0.5, 0.6) is 0 Å². The van der Waals surface area contributed by atoms with Gasteiger partial charge in [0.15, 0.2) is 0 Å². The molecule has 0 saturated heterocycles. The van der Waals surface area contributed by atoms with Crippen molar-refractivity contribution in [1.82, 2.24) is 5.32 Å². The number of carbonyl (C=O) groups is 1. The molecule has 0 aliphatic carbocycles. The van der Waals surface area contributed by atoms with Gasteiger partial charge in [0.05, 0.1) is 12.9 Å². The maximum Gasteiger partial charge on any atom is 0.246 e. The van der Waals surface area contributed by atoms with Crippen molar-refractivity contribution in [2.45, 2.75) is 12.5 Å². The summed E-state index contributed by atoms with van der Waals surface area (Å²) < 4.78 is 5.02. The molecule has 1 aliphatic rings. The zero-order valence-electron chi connectivity index (χ0n) is 9.91. The van der Waals surface area contributed by atoms with Gasteiger partial charge in [-0.1, -0.05) is 18.2 Å². The first kappa shape index (κ1) is 12.9. The summed E-state index contributed by atoms with van der Waals surface area (Å²) in [5.41, 5.74) is 1.72. The molecule has 1 aliphatic heterocycles. The number of halogens is 1. The number of ether oxygens (including phenoxy) is 1. The summed E-state index contributed by atoms with van der Waals surface area (Å²) >= 11 is 5.94. The van der Waals surface area contributed by atoms with Crippen molar-refractivity contribution >= 4 is 23.2 Å². The maximum atomic E-state index is 11.8. The molecule has 1 amide bonds. The number of rotatable bonds is 6. The predicted octanol–water partition coefficient (Wildman–Crippen LogP) is 2.47.